The van der Waals surface area contributed by atoms with Crippen LogP contribution in [0, 0.1) is 5.82 Å². The molecule has 0 unspecified atom stereocenters. The van der Waals surface area contributed by atoms with Crippen LogP contribution in [0.3, 0.4) is 0 Å². The van der Waals surface area contributed by atoms with E-state index in [1.165, 1.54) is 12.1 Å². The maximum Gasteiger partial charge on any atom is 0.227 e. The number of benzene rings is 1. The molecule has 0 saturated heterocycles. The highest BCUT2D eigenvalue weighted by Gasteiger charge is 2.10. The van der Waals surface area contributed by atoms with Gasteiger partial charge in [-0.1, -0.05) is 11.2 Å². The van der Waals surface area contributed by atoms with Gasteiger partial charge >= 0.3 is 0 Å². The van der Waals surface area contributed by atoms with E-state index in [-0.39, 0.29) is 5.82 Å². The second-order valence-corrected chi connectivity index (χ2v) is 8.23. The molecule has 3 heterocycles. The summed E-state index contributed by atoms with van der Waals surface area (Å²) >= 11 is 1.61. The van der Waals surface area contributed by atoms with Crippen LogP contribution in [-0.2, 0) is 12.8 Å². The lowest BCUT2D eigenvalue weighted by atomic mass is 10.1. The van der Waals surface area contributed by atoms with E-state index in [0.29, 0.717) is 11.7 Å². The maximum atomic E-state index is 13.0. The summed E-state index contributed by atoms with van der Waals surface area (Å²) in [7, 11) is 2.13. The molecule has 6 nitrogen and oxygen atoms in total. The van der Waals surface area contributed by atoms with E-state index in [2.05, 4.69) is 32.3 Å². The van der Waals surface area contributed by atoms with Crippen molar-refractivity contribution >= 4 is 11.3 Å². The van der Waals surface area contributed by atoms with Crippen molar-refractivity contribution < 1.29 is 8.91 Å². The van der Waals surface area contributed by atoms with Crippen LogP contribution in [0.2, 0.25) is 0 Å². The summed E-state index contributed by atoms with van der Waals surface area (Å²) in [5, 5.41) is 13.5. The number of nitrogens with zero attached hydrogens (tertiary/aromatic N) is 4. The quantitative estimate of drug-likeness (QED) is 0.394. The van der Waals surface area contributed by atoms with Gasteiger partial charge in [0.25, 0.3) is 0 Å². The predicted molar refractivity (Wildman–Crippen MR) is 116 cm³/mol. The SMILES string of the molecule is CN(CCCc1cc(-c2ccc(F)cc2)n[nH]1)CCCc1nc(-c2cccs2)no1. The zero-order chi connectivity index (χ0) is 20.8. The van der Waals surface area contributed by atoms with Crippen LogP contribution in [0.5, 0.6) is 0 Å². The van der Waals surface area contributed by atoms with Crippen molar-refractivity contribution in [2.45, 2.75) is 25.7 Å². The second kappa shape index (κ2) is 9.77. The highest BCUT2D eigenvalue weighted by molar-refractivity contribution is 7.13. The molecule has 0 atom stereocenters. The monoisotopic (exact) mass is 425 g/mol. The van der Waals surface area contributed by atoms with Gasteiger partial charge in [-0.05, 0) is 81.2 Å². The highest BCUT2D eigenvalue weighted by Crippen LogP contribution is 2.21. The van der Waals surface area contributed by atoms with Crippen molar-refractivity contribution in [2.75, 3.05) is 20.1 Å². The molecular weight excluding hydrogens is 401 g/mol. The predicted octanol–water partition coefficient (Wildman–Crippen LogP) is 4.82. The minimum Gasteiger partial charge on any atom is -0.339 e. The van der Waals surface area contributed by atoms with Crippen molar-refractivity contribution in [3.05, 3.63) is 65.2 Å². The van der Waals surface area contributed by atoms with E-state index in [1.807, 2.05) is 23.6 Å². The fourth-order valence-corrected chi connectivity index (χ4v) is 3.92. The van der Waals surface area contributed by atoms with Crippen molar-refractivity contribution in [2.24, 2.45) is 0 Å². The molecule has 0 aliphatic carbocycles. The van der Waals surface area contributed by atoms with Gasteiger partial charge in [-0.15, -0.1) is 11.3 Å². The summed E-state index contributed by atoms with van der Waals surface area (Å²) in [5.74, 6) is 1.13. The standard InChI is InChI=1S/C22H24FN5OS/c1-28(13-3-7-21-24-22(27-29-21)20-6-4-14-30-20)12-2-5-18-15-19(26-25-18)16-8-10-17(23)11-9-16/h4,6,8-11,14-15H,2-3,5,7,12-13H2,1H3,(H,25,26). The van der Waals surface area contributed by atoms with Crippen LogP contribution in [0.1, 0.15) is 24.4 Å². The van der Waals surface area contributed by atoms with Gasteiger partial charge in [-0.3, -0.25) is 5.10 Å². The second-order valence-electron chi connectivity index (χ2n) is 7.28. The normalized spacial score (nSPS) is 11.4. The molecule has 0 saturated carbocycles. The molecule has 8 heteroatoms. The Kier molecular flexibility index (Phi) is 6.66. The largest absolute Gasteiger partial charge is 0.339 e. The summed E-state index contributed by atoms with van der Waals surface area (Å²) in [6.45, 7) is 1.97. The van der Waals surface area contributed by atoms with Crippen LogP contribution < -0.4 is 0 Å². The molecule has 0 amide bonds. The molecule has 4 rings (SSSR count). The molecule has 0 fully saturated rings. The molecule has 1 aromatic carbocycles. The lowest BCUT2D eigenvalue weighted by molar-refractivity contribution is 0.312. The Labute approximate surface area is 178 Å². The van der Waals surface area contributed by atoms with Gasteiger partial charge < -0.3 is 9.42 Å². The third kappa shape index (κ3) is 5.40. The first-order valence-electron chi connectivity index (χ1n) is 10.0. The van der Waals surface area contributed by atoms with Gasteiger partial charge in [-0.2, -0.15) is 10.1 Å². The van der Waals surface area contributed by atoms with Crippen molar-refractivity contribution in [3.8, 4) is 22.0 Å². The lowest BCUT2D eigenvalue weighted by Gasteiger charge is -2.15. The van der Waals surface area contributed by atoms with Gasteiger partial charge in [0.05, 0.1) is 10.6 Å². The number of halogens is 1. The molecule has 156 valence electrons. The van der Waals surface area contributed by atoms with Gasteiger partial charge in [0, 0.05) is 17.7 Å². The fraction of sp³-hybridized carbons (Fsp3) is 0.318. The van der Waals surface area contributed by atoms with E-state index in [0.717, 1.165) is 60.6 Å². The van der Waals surface area contributed by atoms with Gasteiger partial charge in [0.2, 0.25) is 11.7 Å². The van der Waals surface area contributed by atoms with Crippen LogP contribution in [0.4, 0.5) is 4.39 Å². The number of aryl methyl sites for hydroxylation is 2. The Balaban J connectivity index is 1.16. The van der Waals surface area contributed by atoms with Gasteiger partial charge in [-0.25, -0.2) is 4.39 Å². The summed E-state index contributed by atoms with van der Waals surface area (Å²) in [6.07, 6.45) is 3.71. The van der Waals surface area contributed by atoms with Gasteiger partial charge in [0.15, 0.2) is 0 Å². The van der Waals surface area contributed by atoms with Crippen LogP contribution in [0.25, 0.3) is 22.0 Å². The third-order valence-electron chi connectivity index (χ3n) is 4.90. The Bertz CT molecular complexity index is 1040. The lowest BCUT2D eigenvalue weighted by Crippen LogP contribution is -2.21. The summed E-state index contributed by atoms with van der Waals surface area (Å²) in [5.41, 5.74) is 2.86. The minimum absolute atomic E-state index is 0.236. The Morgan fingerprint density at radius 1 is 1.10 bits per heavy atom. The zero-order valence-electron chi connectivity index (χ0n) is 16.8. The van der Waals surface area contributed by atoms with Crippen LogP contribution in [0.15, 0.2) is 52.4 Å². The number of thiophene rings is 1. The molecule has 1 N–H and O–H groups in total. The Hall–Kier alpha value is -2.84. The molecule has 0 radical (unpaired) electrons. The van der Waals surface area contributed by atoms with Crippen LogP contribution in [-0.4, -0.2) is 45.4 Å². The van der Waals surface area contributed by atoms with E-state index in [1.54, 1.807) is 23.5 Å². The Morgan fingerprint density at radius 2 is 1.90 bits per heavy atom. The molecule has 3 aromatic heterocycles. The maximum absolute atomic E-state index is 13.0. The molecular formula is C22H24FN5OS. The third-order valence-corrected chi connectivity index (χ3v) is 5.76. The van der Waals surface area contributed by atoms with E-state index in [9.17, 15) is 4.39 Å². The average Bonchev–Trinajstić information content (AvgIpc) is 3.50. The first kappa shape index (κ1) is 20.4. The molecule has 30 heavy (non-hydrogen) atoms. The Morgan fingerprint density at radius 3 is 2.67 bits per heavy atom. The van der Waals surface area contributed by atoms with Crippen molar-refractivity contribution in [1.82, 2.24) is 25.2 Å². The smallest absolute Gasteiger partial charge is 0.227 e. The van der Waals surface area contributed by atoms with Gasteiger partial charge in [0.1, 0.15) is 5.82 Å². The molecule has 0 bridgehead atoms. The van der Waals surface area contributed by atoms with E-state index >= 15 is 0 Å². The van der Waals surface area contributed by atoms with Crippen LogP contribution >= 0.6 is 11.3 Å². The first-order valence-corrected chi connectivity index (χ1v) is 10.9. The highest BCUT2D eigenvalue weighted by atomic mass is 32.1. The number of aromatic nitrogens is 4. The number of nitrogens with one attached hydrogen (secondary N) is 1. The topological polar surface area (TPSA) is 70.8 Å². The zero-order valence-corrected chi connectivity index (χ0v) is 17.7. The van der Waals surface area contributed by atoms with E-state index in [4.69, 9.17) is 4.52 Å². The first-order chi connectivity index (χ1) is 14.7. The fourth-order valence-electron chi connectivity index (χ4n) is 3.27. The summed E-state index contributed by atoms with van der Waals surface area (Å²) in [4.78, 5) is 7.81. The average molecular weight is 426 g/mol. The van der Waals surface area contributed by atoms with E-state index < -0.39 is 0 Å². The number of H-pyrrole nitrogens is 1. The molecule has 0 spiro atoms. The summed E-state index contributed by atoms with van der Waals surface area (Å²) in [6, 6.07) is 12.4. The molecule has 4 aromatic rings. The van der Waals surface area contributed by atoms with Crippen molar-refractivity contribution in [1.29, 1.82) is 0 Å². The number of rotatable bonds is 10. The number of hydrogen-bond donors (Lipinski definition) is 1. The molecule has 0 aliphatic rings. The number of aromatic amines is 1. The minimum atomic E-state index is -0.236. The molecule has 0 aliphatic heterocycles. The summed E-state index contributed by atoms with van der Waals surface area (Å²) < 4.78 is 18.4. The number of hydrogen-bond acceptors (Lipinski definition) is 6. The van der Waals surface area contributed by atoms with Crippen molar-refractivity contribution in [3.63, 3.8) is 0 Å².